The first-order valence-corrected chi connectivity index (χ1v) is 9.94. The highest BCUT2D eigenvalue weighted by molar-refractivity contribution is 6.09. The van der Waals surface area contributed by atoms with E-state index < -0.39 is 11.6 Å². The topological polar surface area (TPSA) is 78.5 Å². The molecule has 1 aromatic carbocycles. The molecule has 27 heavy (non-hydrogen) atoms. The van der Waals surface area contributed by atoms with Gasteiger partial charge in [-0.3, -0.25) is 14.5 Å². The summed E-state index contributed by atoms with van der Waals surface area (Å²) in [7, 11) is 0. The van der Waals surface area contributed by atoms with Gasteiger partial charge in [0.1, 0.15) is 12.1 Å². The van der Waals surface area contributed by atoms with Crippen molar-refractivity contribution >= 4 is 17.8 Å². The van der Waals surface area contributed by atoms with Gasteiger partial charge < -0.3 is 10.6 Å². The number of amides is 4. The van der Waals surface area contributed by atoms with Crippen molar-refractivity contribution in [3.05, 3.63) is 35.4 Å². The fourth-order valence-electron chi connectivity index (χ4n) is 4.91. The lowest BCUT2D eigenvalue weighted by molar-refractivity contribution is -0.135. The van der Waals surface area contributed by atoms with Gasteiger partial charge in [0.15, 0.2) is 0 Å². The first-order chi connectivity index (χ1) is 12.9. The molecule has 2 fully saturated rings. The molecule has 4 amide bonds. The Morgan fingerprint density at radius 2 is 2.04 bits per heavy atom. The molecule has 1 saturated carbocycles. The van der Waals surface area contributed by atoms with Gasteiger partial charge in [0.25, 0.3) is 5.91 Å². The maximum absolute atomic E-state index is 13.1. The number of carbonyl (C=O) groups excluding carboxylic acids is 3. The van der Waals surface area contributed by atoms with Crippen molar-refractivity contribution in [1.29, 1.82) is 0 Å². The molecule has 1 saturated heterocycles. The van der Waals surface area contributed by atoms with Crippen molar-refractivity contribution in [2.24, 2.45) is 11.8 Å². The van der Waals surface area contributed by atoms with E-state index in [-0.39, 0.29) is 24.4 Å². The lowest BCUT2D eigenvalue weighted by Crippen LogP contribution is -2.49. The Kier molecular flexibility index (Phi) is 4.44. The van der Waals surface area contributed by atoms with Gasteiger partial charge in [-0.25, -0.2) is 4.79 Å². The number of rotatable bonds is 3. The van der Waals surface area contributed by atoms with Crippen LogP contribution < -0.4 is 10.6 Å². The average Bonchev–Trinajstić information content (AvgIpc) is 3.13. The van der Waals surface area contributed by atoms with E-state index in [1.165, 1.54) is 6.42 Å². The van der Waals surface area contributed by atoms with Crippen LogP contribution in [0.1, 0.15) is 50.7 Å². The molecule has 0 radical (unpaired) electrons. The summed E-state index contributed by atoms with van der Waals surface area (Å²) in [5, 5.41) is 5.92. The fraction of sp³-hybridized carbons (Fsp3) is 0.571. The van der Waals surface area contributed by atoms with Crippen molar-refractivity contribution in [3.63, 3.8) is 0 Å². The van der Waals surface area contributed by atoms with Crippen LogP contribution in [0.3, 0.4) is 0 Å². The first kappa shape index (κ1) is 18.0. The van der Waals surface area contributed by atoms with E-state index >= 15 is 0 Å². The molecule has 1 spiro atoms. The van der Waals surface area contributed by atoms with Crippen LogP contribution in [0.25, 0.3) is 0 Å². The summed E-state index contributed by atoms with van der Waals surface area (Å²) in [5.74, 6) is 0.406. The monoisotopic (exact) mass is 369 g/mol. The predicted octanol–water partition coefficient (Wildman–Crippen LogP) is 2.32. The zero-order valence-corrected chi connectivity index (χ0v) is 16.0. The molecular formula is C21H27N3O3. The van der Waals surface area contributed by atoms with Crippen LogP contribution in [-0.2, 0) is 21.5 Å². The SMILES string of the molecule is C[C@H]1[C@@H](NC(=O)CN2C(=O)N[C@@]3(CCc4ccccc43)C2=O)CCC[C@@H]1C. The van der Waals surface area contributed by atoms with Gasteiger partial charge in [-0.1, -0.05) is 51.0 Å². The Balaban J connectivity index is 1.47. The zero-order valence-electron chi connectivity index (χ0n) is 16.0. The maximum atomic E-state index is 13.1. The Bertz CT molecular complexity index is 793. The summed E-state index contributed by atoms with van der Waals surface area (Å²) < 4.78 is 0. The Morgan fingerprint density at radius 1 is 1.26 bits per heavy atom. The van der Waals surface area contributed by atoms with Crippen LogP contribution in [-0.4, -0.2) is 35.3 Å². The lowest BCUT2D eigenvalue weighted by Gasteiger charge is -2.34. The Morgan fingerprint density at radius 3 is 2.85 bits per heavy atom. The van der Waals surface area contributed by atoms with Gasteiger partial charge in [-0.15, -0.1) is 0 Å². The molecule has 1 heterocycles. The summed E-state index contributed by atoms with van der Waals surface area (Å²) in [6.45, 7) is 4.15. The number of nitrogens with zero attached hydrogens (tertiary/aromatic N) is 1. The van der Waals surface area contributed by atoms with Crippen LogP contribution in [0, 0.1) is 11.8 Å². The highest BCUT2D eigenvalue weighted by Crippen LogP contribution is 2.41. The average molecular weight is 369 g/mol. The lowest BCUT2D eigenvalue weighted by atomic mass is 9.78. The van der Waals surface area contributed by atoms with E-state index in [1.54, 1.807) is 0 Å². The number of urea groups is 1. The molecule has 6 heteroatoms. The highest BCUT2D eigenvalue weighted by atomic mass is 16.2. The Labute approximate surface area is 159 Å². The summed E-state index contributed by atoms with van der Waals surface area (Å²) in [6.07, 6.45) is 4.53. The number of fused-ring (bicyclic) bond motifs is 2. The van der Waals surface area contributed by atoms with E-state index in [4.69, 9.17) is 0 Å². The minimum absolute atomic E-state index is 0.114. The van der Waals surface area contributed by atoms with Gasteiger partial charge >= 0.3 is 6.03 Å². The maximum Gasteiger partial charge on any atom is 0.325 e. The van der Waals surface area contributed by atoms with Gasteiger partial charge in [0.2, 0.25) is 5.91 Å². The second kappa shape index (κ2) is 6.66. The van der Waals surface area contributed by atoms with Crippen LogP contribution in [0.4, 0.5) is 4.79 Å². The standard InChI is InChI=1S/C21H27N3O3/c1-13-6-5-9-17(14(13)2)22-18(25)12-24-19(26)21(23-20(24)27)11-10-15-7-3-4-8-16(15)21/h3-4,7-8,13-14,17H,5-6,9-12H2,1-2H3,(H,22,25)(H,23,27)/t13-,14+,17-,21+/m0/s1. The predicted molar refractivity (Wildman–Crippen MR) is 101 cm³/mol. The minimum atomic E-state index is -0.999. The number of nitrogens with one attached hydrogen (secondary N) is 2. The smallest absolute Gasteiger partial charge is 0.325 e. The van der Waals surface area contributed by atoms with Crippen LogP contribution in [0.5, 0.6) is 0 Å². The van der Waals surface area contributed by atoms with Crippen molar-refractivity contribution in [1.82, 2.24) is 15.5 Å². The second-order valence-corrected chi connectivity index (χ2v) is 8.33. The second-order valence-electron chi connectivity index (χ2n) is 8.33. The molecule has 144 valence electrons. The summed E-state index contributed by atoms with van der Waals surface area (Å²) in [6, 6.07) is 7.35. The quantitative estimate of drug-likeness (QED) is 0.803. The number of benzene rings is 1. The number of carbonyl (C=O) groups is 3. The molecule has 2 N–H and O–H groups in total. The molecule has 0 aromatic heterocycles. The van der Waals surface area contributed by atoms with Crippen LogP contribution in [0.2, 0.25) is 0 Å². The molecule has 0 bridgehead atoms. The number of imide groups is 1. The Hall–Kier alpha value is -2.37. The fourth-order valence-corrected chi connectivity index (χ4v) is 4.91. The van der Waals surface area contributed by atoms with Crippen molar-refractivity contribution in [2.75, 3.05) is 6.54 Å². The van der Waals surface area contributed by atoms with Gasteiger partial charge in [0.05, 0.1) is 0 Å². The van der Waals surface area contributed by atoms with Crippen LogP contribution >= 0.6 is 0 Å². The van der Waals surface area contributed by atoms with Crippen molar-refractivity contribution in [2.45, 2.75) is 57.5 Å². The van der Waals surface area contributed by atoms with Crippen LogP contribution in [0.15, 0.2) is 24.3 Å². The largest absolute Gasteiger partial charge is 0.352 e. The van der Waals surface area contributed by atoms with E-state index in [0.29, 0.717) is 18.3 Å². The van der Waals surface area contributed by atoms with Gasteiger partial charge in [0, 0.05) is 6.04 Å². The van der Waals surface area contributed by atoms with Crippen molar-refractivity contribution in [3.8, 4) is 0 Å². The molecule has 1 aliphatic heterocycles. The summed E-state index contributed by atoms with van der Waals surface area (Å²) in [5.41, 5.74) is 0.948. The summed E-state index contributed by atoms with van der Waals surface area (Å²) >= 11 is 0. The van der Waals surface area contributed by atoms with Gasteiger partial charge in [-0.2, -0.15) is 0 Å². The number of hydrogen-bond acceptors (Lipinski definition) is 3. The van der Waals surface area contributed by atoms with Crippen molar-refractivity contribution < 1.29 is 14.4 Å². The molecule has 2 aliphatic carbocycles. The van der Waals surface area contributed by atoms with E-state index in [0.717, 1.165) is 35.3 Å². The first-order valence-electron chi connectivity index (χ1n) is 9.94. The normalized spacial score (nSPS) is 32.5. The molecule has 4 rings (SSSR count). The van der Waals surface area contributed by atoms with E-state index in [1.807, 2.05) is 24.3 Å². The molecule has 1 aromatic rings. The third-order valence-electron chi connectivity index (χ3n) is 6.78. The molecular weight excluding hydrogens is 342 g/mol. The molecule has 0 unspecified atom stereocenters. The highest BCUT2D eigenvalue weighted by Gasteiger charge is 2.55. The van der Waals surface area contributed by atoms with Gasteiger partial charge in [-0.05, 0) is 42.2 Å². The minimum Gasteiger partial charge on any atom is -0.352 e. The molecule has 3 aliphatic rings. The molecule has 6 nitrogen and oxygen atoms in total. The number of aryl methyl sites for hydroxylation is 1. The van der Waals surface area contributed by atoms with E-state index in [2.05, 4.69) is 24.5 Å². The third-order valence-corrected chi connectivity index (χ3v) is 6.78. The molecule has 4 atom stereocenters. The number of hydrogen-bond donors (Lipinski definition) is 2. The zero-order chi connectivity index (χ0) is 19.2. The summed E-state index contributed by atoms with van der Waals surface area (Å²) in [4.78, 5) is 39.3. The third kappa shape index (κ3) is 2.91. The van der Waals surface area contributed by atoms with E-state index in [9.17, 15) is 14.4 Å².